The van der Waals surface area contributed by atoms with E-state index in [1.54, 1.807) is 6.20 Å². The minimum atomic E-state index is -0.0791. The maximum Gasteiger partial charge on any atom is 0.241 e. The van der Waals surface area contributed by atoms with Crippen molar-refractivity contribution in [2.45, 2.75) is 25.8 Å². The Labute approximate surface area is 123 Å². The van der Waals surface area contributed by atoms with Crippen LogP contribution in [0.25, 0.3) is 0 Å². The monoisotopic (exact) mass is 288 g/mol. The Kier molecular flexibility index (Phi) is 5.90. The van der Waals surface area contributed by atoms with Crippen LogP contribution in [0, 0.1) is 0 Å². The van der Waals surface area contributed by atoms with Crippen LogP contribution < -0.4 is 5.32 Å². The average Bonchev–Trinajstić information content (AvgIpc) is 2.93. The summed E-state index contributed by atoms with van der Waals surface area (Å²) >= 11 is 0. The molecule has 0 aliphatic rings. The Morgan fingerprint density at radius 2 is 2.05 bits per heavy atom. The van der Waals surface area contributed by atoms with Crippen molar-refractivity contribution in [1.29, 1.82) is 0 Å². The second-order valence-electron chi connectivity index (χ2n) is 4.82. The first kappa shape index (κ1) is 15.2. The van der Waals surface area contributed by atoms with E-state index in [2.05, 4.69) is 15.6 Å². The number of carbonyl (C=O) groups is 1. The minimum absolute atomic E-state index is 0.0791. The van der Waals surface area contributed by atoms with Crippen molar-refractivity contribution < 1.29 is 9.90 Å². The maximum absolute atomic E-state index is 11.8. The van der Waals surface area contributed by atoms with Crippen molar-refractivity contribution in [3.8, 4) is 0 Å². The fourth-order valence-electron chi connectivity index (χ4n) is 1.98. The van der Waals surface area contributed by atoms with Crippen molar-refractivity contribution in [3.63, 3.8) is 0 Å². The molecular weight excluding hydrogens is 268 g/mol. The summed E-state index contributed by atoms with van der Waals surface area (Å²) in [6, 6.07) is 10.0. The number of amides is 1. The first-order valence-corrected chi connectivity index (χ1v) is 7.08. The normalized spacial score (nSPS) is 10.5. The van der Waals surface area contributed by atoms with Crippen molar-refractivity contribution in [2.24, 2.45) is 0 Å². The van der Waals surface area contributed by atoms with Gasteiger partial charge in [-0.1, -0.05) is 35.5 Å². The van der Waals surface area contributed by atoms with E-state index in [1.165, 1.54) is 10.2 Å². The van der Waals surface area contributed by atoms with E-state index in [9.17, 15) is 4.79 Å². The molecule has 2 aromatic rings. The standard InChI is InChI=1S/C15H20N4O2/c20-10-4-7-14-11-19(18-17-14)12-15(21)16-9-8-13-5-2-1-3-6-13/h1-3,5-6,11,20H,4,7-10,12H2,(H,16,21). The Bertz CT molecular complexity index is 554. The topological polar surface area (TPSA) is 80.0 Å². The van der Waals surface area contributed by atoms with Gasteiger partial charge in [0.15, 0.2) is 0 Å². The SMILES string of the molecule is O=C(Cn1cc(CCCO)nn1)NCCc1ccccc1. The molecule has 0 aliphatic heterocycles. The molecule has 1 aromatic carbocycles. The summed E-state index contributed by atoms with van der Waals surface area (Å²) in [4.78, 5) is 11.8. The van der Waals surface area contributed by atoms with Crippen LogP contribution in [0.5, 0.6) is 0 Å². The third-order valence-corrected chi connectivity index (χ3v) is 3.06. The zero-order valence-corrected chi connectivity index (χ0v) is 11.9. The van der Waals surface area contributed by atoms with Gasteiger partial charge in [0.25, 0.3) is 0 Å². The summed E-state index contributed by atoms with van der Waals surface area (Å²) in [6.07, 6.45) is 3.88. The molecule has 6 nitrogen and oxygen atoms in total. The summed E-state index contributed by atoms with van der Waals surface area (Å²) in [5.74, 6) is -0.0791. The average molecular weight is 288 g/mol. The summed E-state index contributed by atoms with van der Waals surface area (Å²) in [7, 11) is 0. The highest BCUT2D eigenvalue weighted by atomic mass is 16.2. The summed E-state index contributed by atoms with van der Waals surface area (Å²) in [5.41, 5.74) is 1.99. The Morgan fingerprint density at radius 3 is 2.81 bits per heavy atom. The van der Waals surface area contributed by atoms with Crippen molar-refractivity contribution in [2.75, 3.05) is 13.2 Å². The number of benzene rings is 1. The zero-order chi connectivity index (χ0) is 14.9. The number of hydrogen-bond acceptors (Lipinski definition) is 4. The molecule has 21 heavy (non-hydrogen) atoms. The molecule has 6 heteroatoms. The molecule has 0 aliphatic carbocycles. The van der Waals surface area contributed by atoms with Gasteiger partial charge in [-0.15, -0.1) is 5.10 Å². The molecule has 1 heterocycles. The smallest absolute Gasteiger partial charge is 0.241 e. The van der Waals surface area contributed by atoms with Gasteiger partial charge in [0.05, 0.1) is 5.69 Å². The van der Waals surface area contributed by atoms with Gasteiger partial charge in [-0.3, -0.25) is 4.79 Å². The van der Waals surface area contributed by atoms with Crippen molar-refractivity contribution in [3.05, 3.63) is 47.8 Å². The molecule has 0 bridgehead atoms. The molecule has 112 valence electrons. The van der Waals surface area contributed by atoms with Crippen molar-refractivity contribution >= 4 is 5.91 Å². The summed E-state index contributed by atoms with van der Waals surface area (Å²) < 4.78 is 1.52. The minimum Gasteiger partial charge on any atom is -0.396 e. The summed E-state index contributed by atoms with van der Waals surface area (Å²) in [6.45, 7) is 0.905. The fourth-order valence-corrected chi connectivity index (χ4v) is 1.98. The number of aliphatic hydroxyl groups is 1. The van der Waals surface area contributed by atoms with E-state index in [0.29, 0.717) is 19.4 Å². The van der Waals surface area contributed by atoms with Gasteiger partial charge in [-0.25, -0.2) is 4.68 Å². The van der Waals surface area contributed by atoms with Crippen LogP contribution in [-0.2, 0) is 24.2 Å². The third kappa shape index (κ3) is 5.35. The molecule has 0 atom stereocenters. The number of rotatable bonds is 8. The van der Waals surface area contributed by atoms with Crippen LogP contribution in [0.4, 0.5) is 0 Å². The third-order valence-electron chi connectivity index (χ3n) is 3.06. The molecule has 1 amide bonds. The lowest BCUT2D eigenvalue weighted by molar-refractivity contribution is -0.121. The van der Waals surface area contributed by atoms with Gasteiger partial charge < -0.3 is 10.4 Å². The second-order valence-corrected chi connectivity index (χ2v) is 4.82. The second kappa shape index (κ2) is 8.16. The van der Waals surface area contributed by atoms with Gasteiger partial charge in [0, 0.05) is 19.3 Å². The number of aromatic nitrogens is 3. The molecule has 2 N–H and O–H groups in total. The Morgan fingerprint density at radius 1 is 1.24 bits per heavy atom. The number of hydrogen-bond donors (Lipinski definition) is 2. The molecule has 1 aromatic heterocycles. The Hall–Kier alpha value is -2.21. The lowest BCUT2D eigenvalue weighted by Crippen LogP contribution is -2.29. The molecule has 0 spiro atoms. The van der Waals surface area contributed by atoms with Gasteiger partial charge in [-0.05, 0) is 24.8 Å². The van der Waals surface area contributed by atoms with E-state index < -0.39 is 0 Å². The van der Waals surface area contributed by atoms with Crippen LogP contribution in [0.1, 0.15) is 17.7 Å². The first-order valence-electron chi connectivity index (χ1n) is 7.08. The molecule has 2 rings (SSSR count). The highest BCUT2D eigenvalue weighted by Crippen LogP contribution is 1.99. The van der Waals surface area contributed by atoms with E-state index in [-0.39, 0.29) is 19.1 Å². The molecule has 0 saturated carbocycles. The lowest BCUT2D eigenvalue weighted by atomic mass is 10.1. The summed E-state index contributed by atoms with van der Waals surface area (Å²) in [5, 5.41) is 19.5. The van der Waals surface area contributed by atoms with Gasteiger partial charge in [0.1, 0.15) is 6.54 Å². The quantitative estimate of drug-likeness (QED) is 0.744. The molecular formula is C15H20N4O2. The van der Waals surface area contributed by atoms with E-state index in [4.69, 9.17) is 5.11 Å². The maximum atomic E-state index is 11.8. The van der Waals surface area contributed by atoms with E-state index in [1.807, 2.05) is 30.3 Å². The van der Waals surface area contributed by atoms with Gasteiger partial charge >= 0.3 is 0 Å². The number of carbonyl (C=O) groups excluding carboxylic acids is 1. The Balaban J connectivity index is 1.70. The molecule has 0 radical (unpaired) electrons. The number of aliphatic hydroxyl groups excluding tert-OH is 1. The predicted molar refractivity (Wildman–Crippen MR) is 78.6 cm³/mol. The highest BCUT2D eigenvalue weighted by molar-refractivity contribution is 5.75. The van der Waals surface area contributed by atoms with Crippen LogP contribution in [0.15, 0.2) is 36.5 Å². The number of aryl methyl sites for hydroxylation is 1. The van der Waals surface area contributed by atoms with E-state index >= 15 is 0 Å². The predicted octanol–water partition coefficient (Wildman–Crippen LogP) is 0.562. The van der Waals surface area contributed by atoms with Gasteiger partial charge in [0.2, 0.25) is 5.91 Å². The molecule has 0 unspecified atom stereocenters. The molecule has 0 saturated heterocycles. The van der Waals surface area contributed by atoms with Crippen LogP contribution in [-0.4, -0.2) is 39.2 Å². The fraction of sp³-hybridized carbons (Fsp3) is 0.400. The van der Waals surface area contributed by atoms with Crippen LogP contribution in [0.3, 0.4) is 0 Å². The first-order chi connectivity index (χ1) is 10.3. The number of nitrogens with one attached hydrogen (secondary N) is 1. The molecule has 0 fully saturated rings. The number of nitrogens with zero attached hydrogens (tertiary/aromatic N) is 3. The lowest BCUT2D eigenvalue weighted by Gasteiger charge is -2.05. The van der Waals surface area contributed by atoms with E-state index in [0.717, 1.165) is 12.1 Å². The highest BCUT2D eigenvalue weighted by Gasteiger charge is 2.05. The largest absolute Gasteiger partial charge is 0.396 e. The van der Waals surface area contributed by atoms with Gasteiger partial charge in [-0.2, -0.15) is 0 Å². The zero-order valence-electron chi connectivity index (χ0n) is 11.9. The van der Waals surface area contributed by atoms with Crippen LogP contribution >= 0.6 is 0 Å². The van der Waals surface area contributed by atoms with Crippen molar-refractivity contribution in [1.82, 2.24) is 20.3 Å². The van der Waals surface area contributed by atoms with Crippen LogP contribution in [0.2, 0.25) is 0 Å².